The fourth-order valence-corrected chi connectivity index (χ4v) is 3.37. The highest BCUT2D eigenvalue weighted by Crippen LogP contribution is 2.25. The highest BCUT2D eigenvalue weighted by molar-refractivity contribution is 5.16. The molecule has 0 saturated carbocycles. The van der Waals surface area contributed by atoms with Crippen molar-refractivity contribution in [2.75, 3.05) is 19.6 Å². The van der Waals surface area contributed by atoms with E-state index < -0.39 is 0 Å². The Hall–Kier alpha value is -1.68. The number of hydrogen-bond acceptors (Lipinski definition) is 2. The second-order valence-corrected chi connectivity index (χ2v) is 6.09. The quantitative estimate of drug-likeness (QED) is 0.843. The molecule has 0 aliphatic carbocycles. The van der Waals surface area contributed by atoms with Gasteiger partial charge in [0, 0.05) is 31.4 Å². The smallest absolute Gasteiger partial charge is 0.123 e. The molecule has 3 nitrogen and oxygen atoms in total. The number of halogens is 1. The molecule has 1 aliphatic rings. The first-order valence-corrected chi connectivity index (χ1v) is 8.24. The van der Waals surface area contributed by atoms with Crippen LogP contribution in [0.2, 0.25) is 0 Å². The van der Waals surface area contributed by atoms with Crippen molar-refractivity contribution >= 4 is 0 Å². The fourth-order valence-electron chi connectivity index (χ4n) is 3.37. The monoisotopic (exact) mass is 301 g/mol. The first-order chi connectivity index (χ1) is 10.8. The third-order valence-corrected chi connectivity index (χ3v) is 4.60. The fraction of sp³-hybridized carbons (Fsp3) is 0.500. The summed E-state index contributed by atoms with van der Waals surface area (Å²) < 4.78 is 15.5. The average Bonchev–Trinajstić information content (AvgIpc) is 3.01. The van der Waals surface area contributed by atoms with Crippen molar-refractivity contribution in [1.82, 2.24) is 14.5 Å². The van der Waals surface area contributed by atoms with E-state index in [0.29, 0.717) is 5.92 Å². The van der Waals surface area contributed by atoms with Gasteiger partial charge in [0.25, 0.3) is 0 Å². The SMILES string of the molecule is CCN1CCC[C@H](c2nccn2CCc2cccc(F)c2)C1. The summed E-state index contributed by atoms with van der Waals surface area (Å²) in [6, 6.07) is 6.88. The summed E-state index contributed by atoms with van der Waals surface area (Å²) in [5.74, 6) is 1.56. The van der Waals surface area contributed by atoms with Crippen LogP contribution in [-0.2, 0) is 13.0 Å². The lowest BCUT2D eigenvalue weighted by Gasteiger charge is -2.31. The zero-order valence-corrected chi connectivity index (χ0v) is 13.2. The summed E-state index contributed by atoms with van der Waals surface area (Å²) >= 11 is 0. The number of likely N-dealkylation sites (N-methyl/N-ethyl adjacent to an activating group) is 1. The normalized spacial score (nSPS) is 19.5. The Morgan fingerprint density at radius 1 is 1.36 bits per heavy atom. The van der Waals surface area contributed by atoms with Gasteiger partial charge in [-0.2, -0.15) is 0 Å². The maximum Gasteiger partial charge on any atom is 0.123 e. The molecule has 2 aromatic rings. The molecule has 1 atom stereocenters. The molecule has 3 rings (SSSR count). The van der Waals surface area contributed by atoms with Crippen LogP contribution >= 0.6 is 0 Å². The van der Waals surface area contributed by atoms with Gasteiger partial charge in [-0.3, -0.25) is 0 Å². The van der Waals surface area contributed by atoms with Gasteiger partial charge in [-0.05, 0) is 50.0 Å². The Bertz CT molecular complexity index is 608. The lowest BCUT2D eigenvalue weighted by atomic mass is 9.97. The van der Waals surface area contributed by atoms with Crippen molar-refractivity contribution < 1.29 is 4.39 Å². The maximum absolute atomic E-state index is 13.3. The number of aryl methyl sites for hydroxylation is 2. The molecule has 1 aromatic heterocycles. The first-order valence-electron chi connectivity index (χ1n) is 8.24. The summed E-state index contributed by atoms with van der Waals surface area (Å²) in [5.41, 5.74) is 1.04. The Kier molecular flexibility index (Phi) is 4.88. The van der Waals surface area contributed by atoms with Crippen LogP contribution in [0.4, 0.5) is 4.39 Å². The maximum atomic E-state index is 13.3. The summed E-state index contributed by atoms with van der Waals surface area (Å²) in [6.45, 7) is 6.51. The van der Waals surface area contributed by atoms with Crippen molar-refractivity contribution in [2.24, 2.45) is 0 Å². The summed E-state index contributed by atoms with van der Waals surface area (Å²) in [6.07, 6.45) is 7.25. The highest BCUT2D eigenvalue weighted by atomic mass is 19.1. The van der Waals surface area contributed by atoms with Crippen LogP contribution in [0.1, 0.15) is 37.1 Å². The van der Waals surface area contributed by atoms with Gasteiger partial charge in [-0.25, -0.2) is 9.37 Å². The Labute approximate surface area is 131 Å². The van der Waals surface area contributed by atoms with Gasteiger partial charge in [0.15, 0.2) is 0 Å². The molecule has 118 valence electrons. The second kappa shape index (κ2) is 7.05. The number of likely N-dealkylation sites (tertiary alicyclic amines) is 1. The van der Waals surface area contributed by atoms with Crippen molar-refractivity contribution in [1.29, 1.82) is 0 Å². The molecule has 4 heteroatoms. The third kappa shape index (κ3) is 3.55. The molecule has 0 unspecified atom stereocenters. The molecule has 0 amide bonds. The zero-order valence-electron chi connectivity index (χ0n) is 13.2. The van der Waals surface area contributed by atoms with Crippen LogP contribution in [0.3, 0.4) is 0 Å². The van der Waals surface area contributed by atoms with Gasteiger partial charge in [0.05, 0.1) is 0 Å². The highest BCUT2D eigenvalue weighted by Gasteiger charge is 2.23. The standard InChI is InChI=1S/C18H24FN3/c1-2-21-10-4-6-16(14-21)18-20-9-12-22(18)11-8-15-5-3-7-17(19)13-15/h3,5,7,9,12-13,16H,2,4,6,8,10-11,14H2,1H3/t16-/m0/s1. The Morgan fingerprint density at radius 3 is 3.09 bits per heavy atom. The second-order valence-electron chi connectivity index (χ2n) is 6.09. The van der Waals surface area contributed by atoms with Gasteiger partial charge >= 0.3 is 0 Å². The lowest BCUT2D eigenvalue weighted by Crippen LogP contribution is -2.35. The van der Waals surface area contributed by atoms with Gasteiger partial charge in [-0.1, -0.05) is 19.1 Å². The van der Waals surface area contributed by atoms with Gasteiger partial charge < -0.3 is 9.47 Å². The molecular formula is C18H24FN3. The zero-order chi connectivity index (χ0) is 15.4. The largest absolute Gasteiger partial charge is 0.334 e. The van der Waals surface area contributed by atoms with Crippen LogP contribution in [0, 0.1) is 5.82 Å². The predicted octanol–water partition coefficient (Wildman–Crippen LogP) is 3.46. The van der Waals surface area contributed by atoms with Crippen molar-refractivity contribution in [3.63, 3.8) is 0 Å². The number of nitrogens with zero attached hydrogens (tertiary/aromatic N) is 3. The summed E-state index contributed by atoms with van der Waals surface area (Å²) in [7, 11) is 0. The van der Waals surface area contributed by atoms with Crippen LogP contribution in [0.5, 0.6) is 0 Å². The van der Waals surface area contributed by atoms with E-state index >= 15 is 0 Å². The Balaban J connectivity index is 1.67. The van der Waals surface area contributed by atoms with E-state index in [1.54, 1.807) is 12.1 Å². The first kappa shape index (κ1) is 15.2. The number of hydrogen-bond donors (Lipinski definition) is 0. The van der Waals surface area contributed by atoms with Crippen LogP contribution in [0.15, 0.2) is 36.7 Å². The van der Waals surface area contributed by atoms with Crippen molar-refractivity contribution in [3.05, 3.63) is 53.9 Å². The predicted molar refractivity (Wildman–Crippen MR) is 86.4 cm³/mol. The molecule has 1 fully saturated rings. The minimum absolute atomic E-state index is 0.158. The molecule has 0 bridgehead atoms. The number of imidazole rings is 1. The minimum atomic E-state index is -0.158. The average molecular weight is 301 g/mol. The van der Waals surface area contributed by atoms with Gasteiger partial charge in [-0.15, -0.1) is 0 Å². The van der Waals surface area contributed by atoms with E-state index in [-0.39, 0.29) is 5.82 Å². The van der Waals surface area contributed by atoms with E-state index in [1.807, 2.05) is 12.3 Å². The number of benzene rings is 1. The van der Waals surface area contributed by atoms with E-state index in [9.17, 15) is 4.39 Å². The van der Waals surface area contributed by atoms with E-state index in [1.165, 1.54) is 31.3 Å². The van der Waals surface area contributed by atoms with Crippen LogP contribution < -0.4 is 0 Å². The topological polar surface area (TPSA) is 21.1 Å². The van der Waals surface area contributed by atoms with Gasteiger partial charge in [0.1, 0.15) is 11.6 Å². The van der Waals surface area contributed by atoms with E-state index in [0.717, 1.165) is 31.6 Å². The number of rotatable bonds is 5. The Morgan fingerprint density at radius 2 is 2.27 bits per heavy atom. The van der Waals surface area contributed by atoms with Crippen molar-refractivity contribution in [3.8, 4) is 0 Å². The molecule has 0 N–H and O–H groups in total. The molecule has 2 heterocycles. The van der Waals surface area contributed by atoms with Crippen LogP contribution in [-0.4, -0.2) is 34.1 Å². The van der Waals surface area contributed by atoms with Crippen LogP contribution in [0.25, 0.3) is 0 Å². The van der Waals surface area contributed by atoms with Crippen molar-refractivity contribution in [2.45, 2.75) is 38.6 Å². The van der Waals surface area contributed by atoms with E-state index in [4.69, 9.17) is 0 Å². The van der Waals surface area contributed by atoms with E-state index in [2.05, 4.69) is 27.6 Å². The lowest BCUT2D eigenvalue weighted by molar-refractivity contribution is 0.211. The number of piperidine rings is 1. The molecule has 22 heavy (non-hydrogen) atoms. The molecule has 1 aromatic carbocycles. The molecule has 1 saturated heterocycles. The summed E-state index contributed by atoms with van der Waals surface area (Å²) in [5, 5.41) is 0. The van der Waals surface area contributed by atoms with Gasteiger partial charge in [0.2, 0.25) is 0 Å². The molecule has 0 radical (unpaired) electrons. The summed E-state index contributed by atoms with van der Waals surface area (Å²) in [4.78, 5) is 7.10. The minimum Gasteiger partial charge on any atom is -0.334 e. The number of aromatic nitrogens is 2. The molecule has 1 aliphatic heterocycles. The molecular weight excluding hydrogens is 277 g/mol. The third-order valence-electron chi connectivity index (χ3n) is 4.60. The molecule has 0 spiro atoms.